The third kappa shape index (κ3) is 3.87. The fourth-order valence-corrected chi connectivity index (χ4v) is 3.39. The molecule has 136 valence electrons. The van der Waals surface area contributed by atoms with Crippen molar-refractivity contribution in [3.8, 4) is 11.1 Å². The highest BCUT2D eigenvalue weighted by molar-refractivity contribution is 5.76. The van der Waals surface area contributed by atoms with Crippen molar-refractivity contribution >= 4 is 12.0 Å². The topological polar surface area (TPSA) is 69.6 Å². The monoisotopic (exact) mass is 352 g/mol. The first-order chi connectivity index (χ1) is 12.5. The number of aliphatic carboxylic acids is 1. The summed E-state index contributed by atoms with van der Waals surface area (Å²) in [7, 11) is 1.63. The molecule has 3 rings (SSSR count). The molecule has 0 heterocycles. The Morgan fingerprint density at radius 3 is 2.62 bits per heavy atom. The normalized spacial score (nSPS) is 16.6. The summed E-state index contributed by atoms with van der Waals surface area (Å²) in [4.78, 5) is 24.9. The van der Waals surface area contributed by atoms with E-state index in [-0.39, 0.29) is 18.6 Å². The highest BCUT2D eigenvalue weighted by Gasteiger charge is 2.26. The van der Waals surface area contributed by atoms with Crippen LogP contribution in [0, 0.1) is 5.92 Å². The van der Waals surface area contributed by atoms with Crippen LogP contribution in [0.4, 0.5) is 4.79 Å². The van der Waals surface area contributed by atoms with E-state index in [4.69, 9.17) is 5.11 Å². The molecule has 26 heavy (non-hydrogen) atoms. The number of carboxylic acid groups (broad SMARTS) is 1. The minimum atomic E-state index is -0.900. The van der Waals surface area contributed by atoms with Crippen molar-refractivity contribution in [3.05, 3.63) is 59.7 Å². The molecule has 5 heteroatoms. The van der Waals surface area contributed by atoms with Gasteiger partial charge in [0, 0.05) is 13.6 Å². The van der Waals surface area contributed by atoms with Gasteiger partial charge in [0.15, 0.2) is 0 Å². The summed E-state index contributed by atoms with van der Waals surface area (Å²) < 4.78 is 0. The Balaban J connectivity index is 1.73. The van der Waals surface area contributed by atoms with E-state index in [1.54, 1.807) is 14.0 Å². The van der Waals surface area contributed by atoms with E-state index in [2.05, 4.69) is 35.6 Å². The smallest absolute Gasteiger partial charge is 0.317 e. The maximum absolute atomic E-state index is 12.4. The molecule has 0 radical (unpaired) electrons. The van der Waals surface area contributed by atoms with Crippen molar-refractivity contribution in [1.82, 2.24) is 10.2 Å². The van der Waals surface area contributed by atoms with Crippen LogP contribution in [0.1, 0.15) is 30.5 Å². The largest absolute Gasteiger partial charge is 0.481 e. The van der Waals surface area contributed by atoms with Crippen LogP contribution >= 0.6 is 0 Å². The Labute approximate surface area is 153 Å². The van der Waals surface area contributed by atoms with Gasteiger partial charge in [-0.1, -0.05) is 49.4 Å². The lowest BCUT2D eigenvalue weighted by Gasteiger charge is -2.23. The van der Waals surface area contributed by atoms with Crippen LogP contribution in [0.5, 0.6) is 0 Å². The lowest BCUT2D eigenvalue weighted by Crippen LogP contribution is -2.41. The molecule has 2 amide bonds. The van der Waals surface area contributed by atoms with Gasteiger partial charge in [-0.3, -0.25) is 4.79 Å². The van der Waals surface area contributed by atoms with E-state index in [9.17, 15) is 9.59 Å². The van der Waals surface area contributed by atoms with Gasteiger partial charge in [-0.15, -0.1) is 0 Å². The number of carbonyl (C=O) groups is 2. The fraction of sp³-hybridized carbons (Fsp3) is 0.333. The highest BCUT2D eigenvalue weighted by Crippen LogP contribution is 2.34. The quantitative estimate of drug-likeness (QED) is 0.862. The third-order valence-electron chi connectivity index (χ3n) is 4.94. The van der Waals surface area contributed by atoms with Crippen molar-refractivity contribution in [2.24, 2.45) is 5.92 Å². The highest BCUT2D eigenvalue weighted by atomic mass is 16.4. The van der Waals surface area contributed by atoms with Crippen LogP contribution in [0.3, 0.4) is 0 Å². The average Bonchev–Trinajstić information content (AvgIpc) is 3.04. The molecule has 0 saturated carbocycles. The zero-order valence-electron chi connectivity index (χ0n) is 15.1. The molecular weight excluding hydrogens is 328 g/mol. The molecule has 5 nitrogen and oxygen atoms in total. The fourth-order valence-electron chi connectivity index (χ4n) is 3.39. The van der Waals surface area contributed by atoms with Gasteiger partial charge in [0.05, 0.1) is 12.0 Å². The standard InChI is InChI=1S/C21H24N2O3/c1-14(20(24)25)13-23(2)21(26)22-19-11-10-16-8-9-17(12-18(16)19)15-6-4-3-5-7-15/h3-9,12,14,19H,10-11,13H2,1-2H3,(H,22,26)(H,24,25). The molecule has 0 saturated heterocycles. The summed E-state index contributed by atoms with van der Waals surface area (Å²) in [5.74, 6) is -1.49. The van der Waals surface area contributed by atoms with Crippen LogP contribution in [-0.4, -0.2) is 35.6 Å². The van der Waals surface area contributed by atoms with E-state index in [0.29, 0.717) is 0 Å². The van der Waals surface area contributed by atoms with Gasteiger partial charge >= 0.3 is 12.0 Å². The van der Waals surface area contributed by atoms with Crippen LogP contribution in [0.25, 0.3) is 11.1 Å². The maximum atomic E-state index is 12.4. The molecule has 2 N–H and O–H groups in total. The molecule has 2 aromatic rings. The molecule has 1 aliphatic carbocycles. The second-order valence-electron chi connectivity index (χ2n) is 6.94. The molecule has 0 bridgehead atoms. The van der Waals surface area contributed by atoms with Crippen LogP contribution in [0.15, 0.2) is 48.5 Å². The van der Waals surface area contributed by atoms with Crippen LogP contribution in [-0.2, 0) is 11.2 Å². The Bertz CT molecular complexity index is 804. The first-order valence-electron chi connectivity index (χ1n) is 8.88. The number of carboxylic acids is 1. The van der Waals surface area contributed by atoms with Crippen molar-refractivity contribution in [2.75, 3.05) is 13.6 Å². The minimum absolute atomic E-state index is 0.0382. The second kappa shape index (κ2) is 7.60. The van der Waals surface area contributed by atoms with E-state index in [1.165, 1.54) is 10.5 Å². The number of rotatable bonds is 5. The summed E-state index contributed by atoms with van der Waals surface area (Å²) in [5, 5.41) is 12.1. The lowest BCUT2D eigenvalue weighted by molar-refractivity contribution is -0.141. The van der Waals surface area contributed by atoms with Gasteiger partial charge in [-0.2, -0.15) is 0 Å². The zero-order chi connectivity index (χ0) is 18.7. The zero-order valence-corrected chi connectivity index (χ0v) is 15.1. The van der Waals surface area contributed by atoms with Crippen molar-refractivity contribution in [3.63, 3.8) is 0 Å². The summed E-state index contributed by atoms with van der Waals surface area (Å²) in [5.41, 5.74) is 4.70. The Hall–Kier alpha value is -2.82. The minimum Gasteiger partial charge on any atom is -0.481 e. The van der Waals surface area contributed by atoms with Crippen molar-refractivity contribution < 1.29 is 14.7 Å². The van der Waals surface area contributed by atoms with E-state index in [0.717, 1.165) is 29.5 Å². The summed E-state index contributed by atoms with van der Waals surface area (Å²) in [6.07, 6.45) is 1.80. The molecule has 1 aliphatic rings. The number of nitrogens with zero attached hydrogens (tertiary/aromatic N) is 1. The number of carbonyl (C=O) groups excluding carboxylic acids is 1. The van der Waals surface area contributed by atoms with Crippen molar-refractivity contribution in [2.45, 2.75) is 25.8 Å². The summed E-state index contributed by atoms with van der Waals surface area (Å²) in [6, 6.07) is 16.3. The Morgan fingerprint density at radius 1 is 1.19 bits per heavy atom. The maximum Gasteiger partial charge on any atom is 0.317 e. The number of nitrogens with one attached hydrogen (secondary N) is 1. The number of amides is 2. The van der Waals surface area contributed by atoms with Crippen molar-refractivity contribution in [1.29, 1.82) is 0 Å². The number of fused-ring (bicyclic) bond motifs is 1. The van der Waals surface area contributed by atoms with Crippen LogP contribution < -0.4 is 5.32 Å². The van der Waals surface area contributed by atoms with Gasteiger partial charge in [-0.05, 0) is 41.2 Å². The molecule has 2 atom stereocenters. The molecule has 2 aromatic carbocycles. The van der Waals surface area contributed by atoms with E-state index >= 15 is 0 Å². The molecule has 0 aliphatic heterocycles. The molecule has 0 spiro atoms. The number of urea groups is 1. The van der Waals surface area contributed by atoms with Gasteiger partial charge in [0.1, 0.15) is 0 Å². The van der Waals surface area contributed by atoms with Gasteiger partial charge < -0.3 is 15.3 Å². The van der Waals surface area contributed by atoms with E-state index < -0.39 is 11.9 Å². The summed E-state index contributed by atoms with van der Waals surface area (Å²) >= 11 is 0. The third-order valence-corrected chi connectivity index (χ3v) is 4.94. The Kier molecular flexibility index (Phi) is 5.26. The first kappa shape index (κ1) is 18.0. The number of benzene rings is 2. The van der Waals surface area contributed by atoms with Gasteiger partial charge in [0.2, 0.25) is 0 Å². The van der Waals surface area contributed by atoms with Crippen LogP contribution in [0.2, 0.25) is 0 Å². The SMILES string of the molecule is CC(CN(C)C(=O)NC1CCc2ccc(-c3ccccc3)cc21)C(=O)O. The Morgan fingerprint density at radius 2 is 1.92 bits per heavy atom. The predicted octanol–water partition coefficient (Wildman–Crippen LogP) is 3.70. The predicted molar refractivity (Wildman–Crippen MR) is 101 cm³/mol. The number of hydrogen-bond donors (Lipinski definition) is 2. The molecular formula is C21H24N2O3. The van der Waals surface area contributed by atoms with Gasteiger partial charge in [-0.25, -0.2) is 4.79 Å². The van der Waals surface area contributed by atoms with E-state index in [1.807, 2.05) is 18.2 Å². The molecule has 0 aromatic heterocycles. The average molecular weight is 352 g/mol. The molecule has 0 fully saturated rings. The van der Waals surface area contributed by atoms with Gasteiger partial charge in [0.25, 0.3) is 0 Å². The number of hydrogen-bond acceptors (Lipinski definition) is 2. The number of aryl methyl sites for hydroxylation is 1. The lowest BCUT2D eigenvalue weighted by atomic mass is 9.99. The second-order valence-corrected chi connectivity index (χ2v) is 6.94. The summed E-state index contributed by atoms with van der Waals surface area (Å²) in [6.45, 7) is 1.79. The first-order valence-corrected chi connectivity index (χ1v) is 8.88. The molecule has 2 unspecified atom stereocenters.